The number of imidazole rings is 1. The predicted molar refractivity (Wildman–Crippen MR) is 150 cm³/mol. The number of halogens is 2. The molecule has 37 heavy (non-hydrogen) atoms. The Hall–Kier alpha value is -3.22. The van der Waals surface area contributed by atoms with Crippen LogP contribution < -0.4 is 14.8 Å². The Morgan fingerprint density at radius 2 is 1.68 bits per heavy atom. The highest BCUT2D eigenvalue weighted by Gasteiger charge is 2.28. The minimum atomic E-state index is -0.588. The van der Waals surface area contributed by atoms with Gasteiger partial charge in [0.05, 0.1) is 12.7 Å². The summed E-state index contributed by atoms with van der Waals surface area (Å²) < 4.78 is 13.3. The van der Waals surface area contributed by atoms with Gasteiger partial charge in [0.15, 0.2) is 11.5 Å². The Labute approximate surface area is 227 Å². The van der Waals surface area contributed by atoms with Gasteiger partial charge in [-0.3, -0.25) is 4.40 Å². The molecule has 0 atom stereocenters. The van der Waals surface area contributed by atoms with Crippen LogP contribution in [-0.2, 0) is 0 Å². The van der Waals surface area contributed by atoms with E-state index in [9.17, 15) is 4.79 Å². The van der Waals surface area contributed by atoms with Gasteiger partial charge in [0.25, 0.3) is 0 Å². The zero-order chi connectivity index (χ0) is 27.0. The number of esters is 1. The van der Waals surface area contributed by atoms with Crippen LogP contribution in [0.4, 0.5) is 5.82 Å². The third-order valence-electron chi connectivity index (χ3n) is 5.70. The fourth-order valence-electron chi connectivity index (χ4n) is 4.74. The first kappa shape index (κ1) is 26.8. The summed E-state index contributed by atoms with van der Waals surface area (Å²) >= 11 is 12.1. The fourth-order valence-corrected chi connectivity index (χ4v) is 5.26. The molecule has 4 aromatic rings. The number of benzene rings is 2. The van der Waals surface area contributed by atoms with Crippen molar-refractivity contribution in [2.75, 3.05) is 12.4 Å². The van der Waals surface area contributed by atoms with Crippen molar-refractivity contribution in [1.82, 2.24) is 9.38 Å². The van der Waals surface area contributed by atoms with Crippen molar-refractivity contribution >= 4 is 40.6 Å². The second kappa shape index (κ2) is 10.3. The largest absolute Gasteiger partial charge is 0.493 e. The van der Waals surface area contributed by atoms with E-state index >= 15 is 0 Å². The lowest BCUT2D eigenvalue weighted by Crippen LogP contribution is -2.36. The number of hydrogen-bond donors (Lipinski definition) is 1. The SMILES string of the molecule is COc1cc(-c2nc3ccccn3c2NC(C)(C)CC(C)(C)C)ccc1OC(=O)c1cc(Cl)cc(Cl)c1. The summed E-state index contributed by atoms with van der Waals surface area (Å²) in [4.78, 5) is 17.7. The lowest BCUT2D eigenvalue weighted by molar-refractivity contribution is 0.0729. The molecule has 0 unspecified atom stereocenters. The monoisotopic (exact) mass is 539 g/mol. The van der Waals surface area contributed by atoms with Gasteiger partial charge >= 0.3 is 5.97 Å². The molecule has 6 nitrogen and oxygen atoms in total. The lowest BCUT2D eigenvalue weighted by Gasteiger charge is -2.34. The first-order valence-corrected chi connectivity index (χ1v) is 12.7. The van der Waals surface area contributed by atoms with Crippen LogP contribution in [0.15, 0.2) is 60.8 Å². The zero-order valence-electron chi connectivity index (χ0n) is 21.9. The van der Waals surface area contributed by atoms with Gasteiger partial charge in [-0.1, -0.05) is 50.0 Å². The summed E-state index contributed by atoms with van der Waals surface area (Å²) in [5.41, 5.74) is 2.59. The van der Waals surface area contributed by atoms with Gasteiger partial charge in [-0.2, -0.15) is 0 Å². The van der Waals surface area contributed by atoms with Crippen LogP contribution in [-0.4, -0.2) is 28.0 Å². The van der Waals surface area contributed by atoms with Crippen molar-refractivity contribution in [2.24, 2.45) is 5.41 Å². The topological polar surface area (TPSA) is 64.9 Å². The summed E-state index contributed by atoms with van der Waals surface area (Å²) in [7, 11) is 1.53. The smallest absolute Gasteiger partial charge is 0.343 e. The van der Waals surface area contributed by atoms with Crippen LogP contribution in [0.25, 0.3) is 16.9 Å². The molecule has 194 valence electrons. The number of hydrogen-bond acceptors (Lipinski definition) is 5. The molecule has 0 aliphatic rings. The maximum absolute atomic E-state index is 12.8. The molecule has 4 rings (SSSR count). The van der Waals surface area contributed by atoms with Gasteiger partial charge in [-0.15, -0.1) is 0 Å². The molecule has 2 heterocycles. The Bertz CT molecular complexity index is 1430. The molecular weight excluding hydrogens is 509 g/mol. The van der Waals surface area contributed by atoms with Gasteiger partial charge in [0, 0.05) is 27.3 Å². The molecule has 0 aliphatic carbocycles. The highest BCUT2D eigenvalue weighted by molar-refractivity contribution is 6.35. The van der Waals surface area contributed by atoms with Crippen molar-refractivity contribution in [1.29, 1.82) is 0 Å². The Morgan fingerprint density at radius 3 is 2.32 bits per heavy atom. The number of carbonyl (C=O) groups is 1. The number of methoxy groups -OCH3 is 1. The highest BCUT2D eigenvalue weighted by Crippen LogP contribution is 2.38. The first-order valence-electron chi connectivity index (χ1n) is 12.0. The molecule has 2 aromatic heterocycles. The molecular formula is C29H31Cl2N3O3. The summed E-state index contributed by atoms with van der Waals surface area (Å²) in [6.07, 6.45) is 2.94. The third-order valence-corrected chi connectivity index (χ3v) is 6.13. The van der Waals surface area contributed by atoms with E-state index in [-0.39, 0.29) is 22.3 Å². The molecule has 0 aliphatic heterocycles. The molecule has 2 aromatic carbocycles. The standard InChI is InChI=1S/C29H31Cl2N3O3/c1-28(2,3)17-29(4,5)33-26-25(32-24-9-7-8-12-34(24)26)18-10-11-22(23(15-18)36-6)37-27(35)19-13-20(30)16-21(31)14-19/h7-16,33H,17H2,1-6H3. The molecule has 1 N–H and O–H groups in total. The number of ether oxygens (including phenoxy) is 2. The minimum absolute atomic E-state index is 0.138. The van der Waals surface area contributed by atoms with Gasteiger partial charge in [0.2, 0.25) is 0 Å². The molecule has 0 amide bonds. The maximum Gasteiger partial charge on any atom is 0.343 e. The second-order valence-electron chi connectivity index (χ2n) is 10.9. The summed E-state index contributed by atoms with van der Waals surface area (Å²) in [5.74, 6) is 0.967. The third kappa shape index (κ3) is 6.38. The van der Waals surface area contributed by atoms with E-state index in [2.05, 4.69) is 39.9 Å². The van der Waals surface area contributed by atoms with Crippen LogP contribution in [0.3, 0.4) is 0 Å². The summed E-state index contributed by atoms with van der Waals surface area (Å²) in [6.45, 7) is 11.1. The zero-order valence-corrected chi connectivity index (χ0v) is 23.4. The van der Waals surface area contributed by atoms with E-state index in [0.717, 1.165) is 29.1 Å². The van der Waals surface area contributed by atoms with E-state index in [1.807, 2.05) is 40.9 Å². The molecule has 0 radical (unpaired) electrons. The van der Waals surface area contributed by atoms with Crippen molar-refractivity contribution in [2.45, 2.75) is 46.6 Å². The van der Waals surface area contributed by atoms with Gasteiger partial charge in [-0.25, -0.2) is 9.78 Å². The van der Waals surface area contributed by atoms with Crippen LogP contribution in [0.2, 0.25) is 10.0 Å². The van der Waals surface area contributed by atoms with Crippen LogP contribution in [0, 0.1) is 5.41 Å². The maximum atomic E-state index is 12.8. The number of anilines is 1. The van der Waals surface area contributed by atoms with E-state index in [0.29, 0.717) is 15.8 Å². The van der Waals surface area contributed by atoms with Crippen LogP contribution >= 0.6 is 23.2 Å². The Morgan fingerprint density at radius 1 is 0.973 bits per heavy atom. The number of aromatic nitrogens is 2. The van der Waals surface area contributed by atoms with Gasteiger partial charge in [0.1, 0.15) is 17.2 Å². The number of carbonyl (C=O) groups excluding carboxylic acids is 1. The fraction of sp³-hybridized carbons (Fsp3) is 0.310. The van der Waals surface area contributed by atoms with Crippen molar-refractivity contribution in [3.63, 3.8) is 0 Å². The van der Waals surface area contributed by atoms with Gasteiger partial charge in [-0.05, 0) is 74.2 Å². The highest BCUT2D eigenvalue weighted by atomic mass is 35.5. The molecule has 0 bridgehead atoms. The number of fused-ring (bicyclic) bond motifs is 1. The van der Waals surface area contributed by atoms with E-state index in [1.165, 1.54) is 19.2 Å². The average Bonchev–Trinajstić information content (AvgIpc) is 3.14. The van der Waals surface area contributed by atoms with E-state index < -0.39 is 5.97 Å². The van der Waals surface area contributed by atoms with Crippen molar-refractivity contribution in [3.8, 4) is 22.8 Å². The molecule has 0 spiro atoms. The molecule has 0 fully saturated rings. The Balaban J connectivity index is 1.71. The summed E-state index contributed by atoms with van der Waals surface area (Å²) in [5, 5.41) is 4.43. The molecule has 0 saturated heterocycles. The van der Waals surface area contributed by atoms with E-state index in [1.54, 1.807) is 12.1 Å². The summed E-state index contributed by atoms with van der Waals surface area (Å²) in [6, 6.07) is 15.8. The van der Waals surface area contributed by atoms with Crippen LogP contribution in [0.5, 0.6) is 11.5 Å². The number of rotatable bonds is 7. The van der Waals surface area contributed by atoms with Crippen molar-refractivity contribution in [3.05, 3.63) is 76.4 Å². The normalized spacial score (nSPS) is 12.0. The number of nitrogens with one attached hydrogen (secondary N) is 1. The average molecular weight is 540 g/mol. The van der Waals surface area contributed by atoms with Gasteiger partial charge < -0.3 is 14.8 Å². The minimum Gasteiger partial charge on any atom is -0.493 e. The molecule has 8 heteroatoms. The lowest BCUT2D eigenvalue weighted by atomic mass is 9.82. The predicted octanol–water partition coefficient (Wildman–Crippen LogP) is 8.16. The van der Waals surface area contributed by atoms with Crippen LogP contribution in [0.1, 0.15) is 51.4 Å². The second-order valence-corrected chi connectivity index (χ2v) is 11.8. The van der Waals surface area contributed by atoms with Crippen molar-refractivity contribution < 1.29 is 14.3 Å². The number of pyridine rings is 1. The molecule has 0 saturated carbocycles. The Kier molecular flexibility index (Phi) is 7.45. The number of nitrogens with zero attached hydrogens (tertiary/aromatic N) is 2. The first-order chi connectivity index (χ1) is 17.3. The quantitative estimate of drug-likeness (QED) is 0.189. The van der Waals surface area contributed by atoms with E-state index in [4.69, 9.17) is 37.7 Å².